The van der Waals surface area contributed by atoms with Crippen LogP contribution in [0.2, 0.25) is 0 Å². The molecule has 22 heavy (non-hydrogen) atoms. The number of hydrogen-bond donors (Lipinski definition) is 1. The van der Waals surface area contributed by atoms with Crippen molar-refractivity contribution in [1.29, 1.82) is 0 Å². The van der Waals surface area contributed by atoms with Crippen LogP contribution in [-0.4, -0.2) is 25.5 Å². The van der Waals surface area contributed by atoms with Crippen molar-refractivity contribution in [3.63, 3.8) is 0 Å². The van der Waals surface area contributed by atoms with Crippen LogP contribution in [0, 0.1) is 5.92 Å². The van der Waals surface area contributed by atoms with Crippen LogP contribution in [0.3, 0.4) is 0 Å². The SMILES string of the molecule is O/N=C(\C1CCCCC1)C(Cc1ccccn1)n1ccnc1. The van der Waals surface area contributed by atoms with E-state index in [-0.39, 0.29) is 6.04 Å². The highest BCUT2D eigenvalue weighted by atomic mass is 16.4. The summed E-state index contributed by atoms with van der Waals surface area (Å²) in [5.41, 5.74) is 1.86. The standard InChI is InChI=1S/C17H22N4O/c22-20-17(14-6-2-1-3-7-14)16(21-11-10-18-13-21)12-15-8-4-5-9-19-15/h4-5,8-11,13-14,16,22H,1-3,6-7,12H2/b20-17+. The summed E-state index contributed by atoms with van der Waals surface area (Å²) in [4.78, 5) is 8.57. The van der Waals surface area contributed by atoms with Gasteiger partial charge in [-0.25, -0.2) is 4.98 Å². The first-order valence-corrected chi connectivity index (χ1v) is 7.97. The molecule has 0 aliphatic heterocycles. The molecule has 0 saturated heterocycles. The normalized spacial score (nSPS) is 18.3. The topological polar surface area (TPSA) is 63.3 Å². The van der Waals surface area contributed by atoms with Crippen molar-refractivity contribution in [2.45, 2.75) is 44.6 Å². The van der Waals surface area contributed by atoms with Crippen molar-refractivity contribution in [2.75, 3.05) is 0 Å². The van der Waals surface area contributed by atoms with Gasteiger partial charge >= 0.3 is 0 Å². The summed E-state index contributed by atoms with van der Waals surface area (Å²) in [5.74, 6) is 0.356. The Bertz CT molecular complexity index is 588. The molecule has 1 fully saturated rings. The minimum absolute atomic E-state index is 0.0227. The highest BCUT2D eigenvalue weighted by Crippen LogP contribution is 2.30. The van der Waals surface area contributed by atoms with Crippen molar-refractivity contribution in [1.82, 2.24) is 14.5 Å². The van der Waals surface area contributed by atoms with Crippen molar-refractivity contribution in [3.05, 3.63) is 48.8 Å². The Labute approximate surface area is 130 Å². The van der Waals surface area contributed by atoms with Gasteiger partial charge in [-0.1, -0.05) is 30.5 Å². The lowest BCUT2D eigenvalue weighted by Gasteiger charge is -2.28. The van der Waals surface area contributed by atoms with E-state index in [0.29, 0.717) is 12.3 Å². The fourth-order valence-electron chi connectivity index (χ4n) is 3.35. The third-order valence-electron chi connectivity index (χ3n) is 4.49. The third kappa shape index (κ3) is 3.35. The maximum absolute atomic E-state index is 9.66. The van der Waals surface area contributed by atoms with Crippen molar-refractivity contribution < 1.29 is 5.21 Å². The molecule has 1 N–H and O–H groups in total. The zero-order valence-electron chi connectivity index (χ0n) is 12.7. The molecule has 3 rings (SSSR count). The zero-order chi connectivity index (χ0) is 15.2. The molecule has 0 aromatic carbocycles. The molecule has 116 valence electrons. The number of aromatic nitrogens is 3. The van der Waals surface area contributed by atoms with Crippen molar-refractivity contribution >= 4 is 5.71 Å². The Balaban J connectivity index is 1.87. The number of oxime groups is 1. The van der Waals surface area contributed by atoms with Crippen LogP contribution in [0.5, 0.6) is 0 Å². The molecule has 1 atom stereocenters. The molecule has 0 spiro atoms. The Morgan fingerprint density at radius 3 is 2.77 bits per heavy atom. The second kappa shape index (κ2) is 7.20. The molecule has 0 bridgehead atoms. The van der Waals surface area contributed by atoms with Gasteiger partial charge in [0.2, 0.25) is 0 Å². The van der Waals surface area contributed by atoms with Crippen molar-refractivity contribution in [3.8, 4) is 0 Å². The van der Waals surface area contributed by atoms with Crippen LogP contribution < -0.4 is 0 Å². The van der Waals surface area contributed by atoms with E-state index in [9.17, 15) is 5.21 Å². The van der Waals surface area contributed by atoms with Crippen LogP contribution >= 0.6 is 0 Å². The molecule has 1 unspecified atom stereocenters. The molecular formula is C17H22N4O. The Hall–Kier alpha value is -2.17. The van der Waals surface area contributed by atoms with E-state index >= 15 is 0 Å². The Morgan fingerprint density at radius 2 is 2.14 bits per heavy atom. The summed E-state index contributed by atoms with van der Waals surface area (Å²) in [7, 11) is 0. The molecule has 1 aliphatic rings. The van der Waals surface area contributed by atoms with E-state index in [0.717, 1.165) is 24.2 Å². The molecule has 2 aromatic rings. The maximum atomic E-state index is 9.66. The monoisotopic (exact) mass is 298 g/mol. The molecule has 1 aliphatic carbocycles. The minimum atomic E-state index is -0.0227. The summed E-state index contributed by atoms with van der Waals surface area (Å²) in [5, 5.41) is 13.4. The van der Waals surface area contributed by atoms with E-state index in [1.165, 1.54) is 19.3 Å². The van der Waals surface area contributed by atoms with Gasteiger partial charge in [-0.2, -0.15) is 0 Å². The summed E-state index contributed by atoms with van der Waals surface area (Å²) < 4.78 is 2.03. The average molecular weight is 298 g/mol. The van der Waals surface area contributed by atoms with Gasteiger partial charge in [-0.15, -0.1) is 0 Å². The second-order valence-corrected chi connectivity index (χ2v) is 5.91. The first-order valence-electron chi connectivity index (χ1n) is 7.97. The predicted octanol–water partition coefficient (Wildman–Crippen LogP) is 3.47. The Morgan fingerprint density at radius 1 is 1.27 bits per heavy atom. The van der Waals surface area contributed by atoms with Crippen LogP contribution in [0.4, 0.5) is 0 Å². The fraction of sp³-hybridized carbons (Fsp3) is 0.471. The molecule has 2 heterocycles. The van der Waals surface area contributed by atoms with Gasteiger partial charge in [0.15, 0.2) is 0 Å². The highest BCUT2D eigenvalue weighted by Gasteiger charge is 2.28. The van der Waals surface area contributed by atoms with Gasteiger partial charge in [0.05, 0.1) is 18.1 Å². The predicted molar refractivity (Wildman–Crippen MR) is 85.0 cm³/mol. The van der Waals surface area contributed by atoms with Crippen LogP contribution in [0.15, 0.2) is 48.3 Å². The lowest BCUT2D eigenvalue weighted by molar-refractivity contribution is 0.302. The second-order valence-electron chi connectivity index (χ2n) is 5.91. The largest absolute Gasteiger partial charge is 0.411 e. The molecular weight excluding hydrogens is 276 g/mol. The maximum Gasteiger partial charge on any atom is 0.0952 e. The van der Waals surface area contributed by atoms with E-state index < -0.39 is 0 Å². The lowest BCUT2D eigenvalue weighted by Crippen LogP contribution is -2.29. The number of pyridine rings is 1. The number of imidazole rings is 1. The van der Waals surface area contributed by atoms with Crippen LogP contribution in [-0.2, 0) is 6.42 Å². The van der Waals surface area contributed by atoms with Gasteiger partial charge in [-0.3, -0.25) is 4.98 Å². The average Bonchev–Trinajstić information content (AvgIpc) is 3.11. The van der Waals surface area contributed by atoms with E-state index in [1.54, 1.807) is 18.7 Å². The summed E-state index contributed by atoms with van der Waals surface area (Å²) in [6.45, 7) is 0. The van der Waals surface area contributed by atoms with Gasteiger partial charge in [0.1, 0.15) is 0 Å². The van der Waals surface area contributed by atoms with Crippen LogP contribution in [0.1, 0.15) is 43.8 Å². The quantitative estimate of drug-likeness (QED) is 0.522. The zero-order valence-corrected chi connectivity index (χ0v) is 12.7. The van der Waals surface area contributed by atoms with Gasteiger partial charge < -0.3 is 9.77 Å². The minimum Gasteiger partial charge on any atom is -0.411 e. The summed E-state index contributed by atoms with van der Waals surface area (Å²) >= 11 is 0. The first kappa shape index (κ1) is 14.8. The van der Waals surface area contributed by atoms with Crippen LogP contribution in [0.25, 0.3) is 0 Å². The number of nitrogens with zero attached hydrogens (tertiary/aromatic N) is 4. The Kier molecular flexibility index (Phi) is 4.83. The molecule has 1 saturated carbocycles. The molecule has 0 radical (unpaired) electrons. The van der Waals surface area contributed by atoms with Gasteiger partial charge in [0.25, 0.3) is 0 Å². The van der Waals surface area contributed by atoms with E-state index in [4.69, 9.17) is 0 Å². The van der Waals surface area contributed by atoms with E-state index in [1.807, 2.05) is 29.0 Å². The van der Waals surface area contributed by atoms with Crippen molar-refractivity contribution in [2.24, 2.45) is 11.1 Å². The number of rotatable bonds is 5. The first-order chi connectivity index (χ1) is 10.9. The van der Waals surface area contributed by atoms with Gasteiger partial charge in [-0.05, 0) is 25.0 Å². The lowest BCUT2D eigenvalue weighted by atomic mass is 9.82. The summed E-state index contributed by atoms with van der Waals surface area (Å²) in [6, 6.07) is 5.90. The molecule has 2 aromatic heterocycles. The summed E-state index contributed by atoms with van der Waals surface area (Å²) in [6.07, 6.45) is 13.9. The smallest absolute Gasteiger partial charge is 0.0952 e. The van der Waals surface area contributed by atoms with E-state index in [2.05, 4.69) is 15.1 Å². The third-order valence-corrected chi connectivity index (χ3v) is 4.49. The molecule has 5 heteroatoms. The number of hydrogen-bond acceptors (Lipinski definition) is 4. The highest BCUT2D eigenvalue weighted by molar-refractivity contribution is 5.90. The molecule has 0 amide bonds. The molecule has 5 nitrogen and oxygen atoms in total. The van der Waals surface area contributed by atoms with Gasteiger partial charge in [0, 0.05) is 36.6 Å². The fourth-order valence-corrected chi connectivity index (χ4v) is 3.35.